The van der Waals surface area contributed by atoms with E-state index in [-0.39, 0.29) is 19.6 Å². The molecule has 0 heterocycles. The first-order valence-electron chi connectivity index (χ1n) is 7.89. The van der Waals surface area contributed by atoms with Crippen LogP contribution in [0.15, 0.2) is 0 Å². The first-order valence-corrected chi connectivity index (χ1v) is 7.89. The van der Waals surface area contributed by atoms with Gasteiger partial charge in [0.25, 0.3) is 0 Å². The van der Waals surface area contributed by atoms with E-state index < -0.39 is 36.9 Å². The monoisotopic (exact) mass is 354 g/mol. The third-order valence-electron chi connectivity index (χ3n) is 3.15. The molecule has 0 saturated heterocycles. The van der Waals surface area contributed by atoms with E-state index in [2.05, 4.69) is 5.32 Å². The lowest BCUT2D eigenvalue weighted by Crippen LogP contribution is -2.49. The van der Waals surface area contributed by atoms with E-state index in [1.165, 1.54) is 0 Å². The molecule has 8 N–H and O–H groups in total. The Labute approximate surface area is 141 Å². The number of carbonyl (C=O) groups excluding carboxylic acids is 1. The minimum Gasteiger partial charge on any atom is -0.394 e. The van der Waals surface area contributed by atoms with E-state index in [9.17, 15) is 20.1 Å². The maximum atomic E-state index is 11.5. The largest absolute Gasteiger partial charge is 0.394 e. The quantitative estimate of drug-likeness (QED) is 0.146. The Bertz CT molecular complexity index is 321. The Morgan fingerprint density at radius 1 is 0.958 bits per heavy atom. The second-order valence-electron chi connectivity index (χ2n) is 5.22. The van der Waals surface area contributed by atoms with Crippen LogP contribution in [-0.4, -0.2) is 102 Å². The molecule has 0 spiro atoms. The highest BCUT2D eigenvalue weighted by molar-refractivity contribution is 5.75. The molecule has 0 aromatic carbocycles. The standard InChI is InChI=1S/C14H30N2O8/c15-3-7-24-5-1-4-23-6-2-12(20)16-8-10(18)13(21)14(22)11(19)9-17/h10-11,13-14,17-19,21-22H,1-9,15H2,(H,16,20)/t10-,11+,13+,14+/m0/s1. The summed E-state index contributed by atoms with van der Waals surface area (Å²) in [5.41, 5.74) is 5.26. The van der Waals surface area contributed by atoms with Crippen LogP contribution in [-0.2, 0) is 14.3 Å². The number of hydrogen-bond acceptors (Lipinski definition) is 9. The molecule has 0 aromatic rings. The summed E-state index contributed by atoms with van der Waals surface area (Å²) in [7, 11) is 0. The van der Waals surface area contributed by atoms with Crippen molar-refractivity contribution < 1.29 is 39.8 Å². The van der Waals surface area contributed by atoms with Crippen LogP contribution in [0.2, 0.25) is 0 Å². The van der Waals surface area contributed by atoms with Gasteiger partial charge in [0, 0.05) is 32.7 Å². The first kappa shape index (κ1) is 23.1. The van der Waals surface area contributed by atoms with Crippen molar-refractivity contribution in [3.63, 3.8) is 0 Å². The Morgan fingerprint density at radius 2 is 1.54 bits per heavy atom. The van der Waals surface area contributed by atoms with Crippen molar-refractivity contribution in [3.8, 4) is 0 Å². The van der Waals surface area contributed by atoms with Gasteiger partial charge >= 0.3 is 0 Å². The van der Waals surface area contributed by atoms with Gasteiger partial charge in [-0.2, -0.15) is 0 Å². The average Bonchev–Trinajstić information content (AvgIpc) is 2.59. The predicted molar refractivity (Wildman–Crippen MR) is 84.0 cm³/mol. The summed E-state index contributed by atoms with van der Waals surface area (Å²) in [6.07, 6.45) is -5.70. The number of rotatable bonds is 15. The SMILES string of the molecule is NCCOCCCOCCC(=O)NC[C@H](O)[C@@H](O)[C@H](O)[C@H](O)CO. The Morgan fingerprint density at radius 3 is 2.12 bits per heavy atom. The van der Waals surface area contributed by atoms with Gasteiger partial charge in [0.15, 0.2) is 0 Å². The highest BCUT2D eigenvalue weighted by Gasteiger charge is 2.30. The van der Waals surface area contributed by atoms with Crippen molar-refractivity contribution in [2.24, 2.45) is 5.73 Å². The van der Waals surface area contributed by atoms with Crippen LogP contribution >= 0.6 is 0 Å². The van der Waals surface area contributed by atoms with Crippen LogP contribution in [0.3, 0.4) is 0 Å². The zero-order chi connectivity index (χ0) is 18.4. The summed E-state index contributed by atoms with van der Waals surface area (Å²) in [4.78, 5) is 11.5. The molecule has 10 heteroatoms. The average molecular weight is 354 g/mol. The fourth-order valence-corrected chi connectivity index (χ4v) is 1.71. The lowest BCUT2D eigenvalue weighted by molar-refractivity contribution is -0.126. The van der Waals surface area contributed by atoms with Gasteiger partial charge in [-0.3, -0.25) is 4.79 Å². The van der Waals surface area contributed by atoms with Gasteiger partial charge in [-0.1, -0.05) is 0 Å². The van der Waals surface area contributed by atoms with Gasteiger partial charge < -0.3 is 46.1 Å². The Balaban J connectivity index is 3.70. The number of carbonyl (C=O) groups is 1. The molecule has 1 amide bonds. The molecule has 0 aliphatic heterocycles. The van der Waals surface area contributed by atoms with Crippen molar-refractivity contribution in [2.75, 3.05) is 46.1 Å². The van der Waals surface area contributed by atoms with Crippen molar-refractivity contribution in [1.29, 1.82) is 0 Å². The number of nitrogens with one attached hydrogen (secondary N) is 1. The number of aliphatic hydroxyl groups is 5. The summed E-state index contributed by atoms with van der Waals surface area (Å²) in [6.45, 7) is 1.10. The minimum absolute atomic E-state index is 0.0777. The first-order chi connectivity index (χ1) is 11.4. The van der Waals surface area contributed by atoms with Gasteiger partial charge in [0.1, 0.15) is 18.3 Å². The third kappa shape index (κ3) is 10.8. The highest BCUT2D eigenvalue weighted by atomic mass is 16.5. The fourth-order valence-electron chi connectivity index (χ4n) is 1.71. The van der Waals surface area contributed by atoms with Crippen LogP contribution in [0.5, 0.6) is 0 Å². The second kappa shape index (κ2) is 14.5. The smallest absolute Gasteiger partial charge is 0.222 e. The lowest BCUT2D eigenvalue weighted by atomic mass is 10.0. The van der Waals surface area contributed by atoms with Crippen LogP contribution < -0.4 is 11.1 Å². The molecule has 0 saturated carbocycles. The Kier molecular flexibility index (Phi) is 14.0. The van der Waals surface area contributed by atoms with E-state index >= 15 is 0 Å². The minimum atomic E-state index is -1.72. The zero-order valence-electron chi connectivity index (χ0n) is 13.7. The van der Waals surface area contributed by atoms with Gasteiger partial charge in [-0.15, -0.1) is 0 Å². The van der Waals surface area contributed by atoms with Crippen molar-refractivity contribution in [2.45, 2.75) is 37.3 Å². The summed E-state index contributed by atoms with van der Waals surface area (Å²) in [5.74, 6) is -0.391. The Hall–Kier alpha value is -0.850. The molecule has 0 rings (SSSR count). The molecule has 24 heavy (non-hydrogen) atoms. The van der Waals surface area contributed by atoms with Gasteiger partial charge in [-0.25, -0.2) is 0 Å². The number of ether oxygens (including phenoxy) is 2. The van der Waals surface area contributed by atoms with Crippen LogP contribution in [0.4, 0.5) is 0 Å². The topological polar surface area (TPSA) is 175 Å². The van der Waals surface area contributed by atoms with Crippen LogP contribution in [0.1, 0.15) is 12.8 Å². The summed E-state index contributed by atoms with van der Waals surface area (Å²) in [5, 5.41) is 48.8. The maximum absolute atomic E-state index is 11.5. The molecule has 10 nitrogen and oxygen atoms in total. The molecular formula is C14H30N2O8. The van der Waals surface area contributed by atoms with E-state index in [0.717, 1.165) is 0 Å². The van der Waals surface area contributed by atoms with E-state index in [4.69, 9.17) is 25.4 Å². The molecule has 4 atom stereocenters. The summed E-state index contributed by atoms with van der Waals surface area (Å²) in [6, 6.07) is 0. The number of aliphatic hydroxyl groups excluding tert-OH is 5. The molecule has 0 unspecified atom stereocenters. The third-order valence-corrected chi connectivity index (χ3v) is 3.15. The second-order valence-corrected chi connectivity index (χ2v) is 5.22. The molecule has 0 radical (unpaired) electrons. The van der Waals surface area contributed by atoms with E-state index in [0.29, 0.717) is 32.8 Å². The summed E-state index contributed by atoms with van der Waals surface area (Å²) >= 11 is 0. The number of hydrogen-bond donors (Lipinski definition) is 7. The van der Waals surface area contributed by atoms with Crippen LogP contribution in [0, 0.1) is 0 Å². The number of nitrogens with two attached hydrogens (primary N) is 1. The van der Waals surface area contributed by atoms with Crippen molar-refractivity contribution in [1.82, 2.24) is 5.32 Å². The van der Waals surface area contributed by atoms with E-state index in [1.807, 2.05) is 0 Å². The number of amides is 1. The predicted octanol–water partition coefficient (Wildman–Crippen LogP) is -3.69. The normalized spacial score (nSPS) is 16.4. The summed E-state index contributed by atoms with van der Waals surface area (Å²) < 4.78 is 10.4. The van der Waals surface area contributed by atoms with Crippen molar-refractivity contribution >= 4 is 5.91 Å². The van der Waals surface area contributed by atoms with Gasteiger partial charge in [-0.05, 0) is 6.42 Å². The van der Waals surface area contributed by atoms with Crippen molar-refractivity contribution in [3.05, 3.63) is 0 Å². The fraction of sp³-hybridized carbons (Fsp3) is 0.929. The molecule has 0 aromatic heterocycles. The molecule has 144 valence electrons. The zero-order valence-corrected chi connectivity index (χ0v) is 13.7. The molecule has 0 bridgehead atoms. The van der Waals surface area contributed by atoms with E-state index in [1.54, 1.807) is 0 Å². The van der Waals surface area contributed by atoms with Gasteiger partial charge in [0.05, 0.1) is 25.9 Å². The molecule has 0 aliphatic carbocycles. The maximum Gasteiger partial charge on any atom is 0.222 e. The van der Waals surface area contributed by atoms with Crippen LogP contribution in [0.25, 0.3) is 0 Å². The molecule has 0 fully saturated rings. The molecule has 0 aliphatic rings. The lowest BCUT2D eigenvalue weighted by Gasteiger charge is -2.25. The highest BCUT2D eigenvalue weighted by Crippen LogP contribution is 2.04. The molecular weight excluding hydrogens is 324 g/mol. The van der Waals surface area contributed by atoms with Gasteiger partial charge in [0.2, 0.25) is 5.91 Å².